The third-order valence-corrected chi connectivity index (χ3v) is 9.45. The first-order valence-corrected chi connectivity index (χ1v) is 13.1. The van der Waals surface area contributed by atoms with E-state index in [0.717, 1.165) is 44.9 Å². The lowest BCUT2D eigenvalue weighted by molar-refractivity contribution is -0.192. The van der Waals surface area contributed by atoms with Crippen LogP contribution in [-0.2, 0) is 14.4 Å². The fourth-order valence-corrected chi connectivity index (χ4v) is 8.18. The minimum atomic E-state index is -5.08. The molecule has 6 saturated carbocycles. The monoisotopic (exact) mass is 527 g/mol. The molecular formula is C26H36F3N3O5. The average Bonchev–Trinajstić information content (AvgIpc) is 3.43. The number of hydrogen-bond acceptors (Lipinski definition) is 6. The summed E-state index contributed by atoms with van der Waals surface area (Å²) < 4.78 is 31.7. The Morgan fingerprint density at radius 2 is 1.65 bits per heavy atom. The van der Waals surface area contributed by atoms with E-state index in [9.17, 15) is 33.1 Å². The minimum absolute atomic E-state index is 0.0209. The van der Waals surface area contributed by atoms with Gasteiger partial charge in [0.25, 0.3) is 0 Å². The number of nitrogens with zero attached hydrogens (tertiary/aromatic N) is 1. The molecule has 5 N–H and O–H groups in total. The number of nitrogens with two attached hydrogens (primary N) is 1. The van der Waals surface area contributed by atoms with E-state index in [0.29, 0.717) is 30.1 Å². The third kappa shape index (κ3) is 5.37. The Labute approximate surface area is 214 Å². The van der Waals surface area contributed by atoms with Gasteiger partial charge in [-0.3, -0.25) is 9.59 Å². The third-order valence-electron chi connectivity index (χ3n) is 9.45. The Morgan fingerprint density at radius 3 is 2.11 bits per heavy atom. The summed E-state index contributed by atoms with van der Waals surface area (Å²) in [6.45, 7) is 3.82. The van der Waals surface area contributed by atoms with Crippen LogP contribution in [0.25, 0.3) is 0 Å². The zero-order chi connectivity index (χ0) is 27.5. The first kappa shape index (κ1) is 27.8. The van der Waals surface area contributed by atoms with Gasteiger partial charge in [-0.15, -0.1) is 0 Å². The van der Waals surface area contributed by atoms with Crippen LogP contribution in [0.4, 0.5) is 13.2 Å². The van der Waals surface area contributed by atoms with Crippen molar-refractivity contribution in [3.05, 3.63) is 0 Å². The van der Waals surface area contributed by atoms with Crippen molar-refractivity contribution in [2.45, 2.75) is 89.1 Å². The average molecular weight is 528 g/mol. The maximum absolute atomic E-state index is 14.0. The number of nitriles is 1. The number of Topliss-reactive ketones (excluding diaryl/α,β-unsaturated/α-hetero) is 1. The van der Waals surface area contributed by atoms with E-state index >= 15 is 0 Å². The molecule has 0 radical (unpaired) electrons. The quantitative estimate of drug-likeness (QED) is 0.414. The number of hydrogen-bond donors (Lipinski definition) is 4. The van der Waals surface area contributed by atoms with Crippen molar-refractivity contribution in [1.82, 2.24) is 5.32 Å². The van der Waals surface area contributed by atoms with Gasteiger partial charge in [-0.05, 0) is 81.0 Å². The van der Waals surface area contributed by atoms with E-state index in [-0.39, 0.29) is 29.4 Å². The number of amides is 1. The SMILES string of the molecule is CC(C)C(N)C(=O)NC(C(=O)C1C(C#N)CC2CC21)C12CC3CC(CC(O)(C3)C1)C2.O=C(O)C(F)(F)F. The molecule has 8 nitrogen and oxygen atoms in total. The molecular weight excluding hydrogens is 491 g/mol. The zero-order valence-corrected chi connectivity index (χ0v) is 21.1. The highest BCUT2D eigenvalue weighted by Crippen LogP contribution is 2.64. The topological polar surface area (TPSA) is 154 Å². The Hall–Kier alpha value is -2.19. The molecule has 6 rings (SSSR count). The van der Waals surface area contributed by atoms with Gasteiger partial charge in [0, 0.05) is 11.3 Å². The number of halogens is 3. The number of carboxylic acids is 1. The van der Waals surface area contributed by atoms with E-state index in [1.807, 2.05) is 13.8 Å². The maximum atomic E-state index is 14.0. The summed E-state index contributed by atoms with van der Waals surface area (Å²) in [7, 11) is 0. The summed E-state index contributed by atoms with van der Waals surface area (Å²) in [6, 6.07) is 1.08. The second-order valence-electron chi connectivity index (χ2n) is 12.6. The van der Waals surface area contributed by atoms with Crippen molar-refractivity contribution in [2.24, 2.45) is 52.6 Å². The maximum Gasteiger partial charge on any atom is 0.490 e. The number of rotatable bonds is 6. The smallest absolute Gasteiger partial charge is 0.475 e. The van der Waals surface area contributed by atoms with Gasteiger partial charge in [-0.2, -0.15) is 18.4 Å². The predicted molar refractivity (Wildman–Crippen MR) is 124 cm³/mol. The first-order valence-electron chi connectivity index (χ1n) is 13.1. The predicted octanol–water partition coefficient (Wildman–Crippen LogP) is 2.78. The molecule has 6 aliphatic rings. The Bertz CT molecular complexity index is 979. The number of carbonyl (C=O) groups excluding carboxylic acids is 2. The van der Waals surface area contributed by atoms with Gasteiger partial charge < -0.3 is 21.3 Å². The van der Waals surface area contributed by atoms with Crippen molar-refractivity contribution >= 4 is 17.7 Å². The lowest BCUT2D eigenvalue weighted by Gasteiger charge is -2.62. The van der Waals surface area contributed by atoms with Crippen molar-refractivity contribution in [2.75, 3.05) is 0 Å². The van der Waals surface area contributed by atoms with Crippen LogP contribution in [-0.4, -0.2) is 51.7 Å². The normalized spacial score (nSPS) is 40.6. The molecule has 8 unspecified atom stereocenters. The lowest BCUT2D eigenvalue weighted by Crippen LogP contribution is -2.66. The molecule has 0 spiro atoms. The number of ketones is 1. The molecule has 11 heteroatoms. The van der Waals surface area contributed by atoms with Crippen molar-refractivity contribution in [1.29, 1.82) is 5.26 Å². The Kier molecular flexibility index (Phi) is 7.17. The van der Waals surface area contributed by atoms with Gasteiger partial charge in [-0.25, -0.2) is 4.79 Å². The highest BCUT2D eigenvalue weighted by molar-refractivity contribution is 5.94. The number of alkyl halides is 3. The molecule has 0 heterocycles. The summed E-state index contributed by atoms with van der Waals surface area (Å²) in [6.07, 6.45) is 1.88. The van der Waals surface area contributed by atoms with Gasteiger partial charge >= 0.3 is 12.1 Å². The van der Waals surface area contributed by atoms with E-state index in [1.165, 1.54) is 0 Å². The first-order chi connectivity index (χ1) is 17.1. The van der Waals surface area contributed by atoms with Gasteiger partial charge in [0.1, 0.15) is 0 Å². The highest BCUT2D eigenvalue weighted by Gasteiger charge is 2.64. The number of aliphatic hydroxyl groups is 1. The molecule has 206 valence electrons. The molecule has 8 atom stereocenters. The molecule has 0 aromatic heterocycles. The Balaban J connectivity index is 0.000000405. The second-order valence-corrected chi connectivity index (χ2v) is 12.6. The van der Waals surface area contributed by atoms with E-state index in [4.69, 9.17) is 15.6 Å². The largest absolute Gasteiger partial charge is 0.490 e. The molecule has 37 heavy (non-hydrogen) atoms. The minimum Gasteiger partial charge on any atom is -0.475 e. The van der Waals surface area contributed by atoms with Crippen molar-refractivity contribution in [3.8, 4) is 6.07 Å². The van der Waals surface area contributed by atoms with Crippen LogP contribution in [0.5, 0.6) is 0 Å². The number of fused-ring (bicyclic) bond motifs is 1. The Morgan fingerprint density at radius 1 is 1.08 bits per heavy atom. The van der Waals surface area contributed by atoms with Crippen molar-refractivity contribution < 1.29 is 37.8 Å². The molecule has 0 aromatic rings. The van der Waals surface area contributed by atoms with E-state index in [1.54, 1.807) is 0 Å². The van der Waals surface area contributed by atoms with Crippen LogP contribution < -0.4 is 11.1 Å². The molecule has 0 aromatic carbocycles. The van der Waals surface area contributed by atoms with Gasteiger partial charge in [-0.1, -0.05) is 13.8 Å². The molecule has 0 saturated heterocycles. The van der Waals surface area contributed by atoms with Crippen LogP contribution in [0.1, 0.15) is 65.2 Å². The fourth-order valence-electron chi connectivity index (χ4n) is 8.18. The summed E-state index contributed by atoms with van der Waals surface area (Å²) in [5, 5.41) is 31.2. The van der Waals surface area contributed by atoms with Gasteiger partial charge in [0.15, 0.2) is 5.78 Å². The van der Waals surface area contributed by atoms with Crippen LogP contribution in [0.15, 0.2) is 0 Å². The van der Waals surface area contributed by atoms with Crippen LogP contribution in [0.2, 0.25) is 0 Å². The van der Waals surface area contributed by atoms with Crippen LogP contribution in [0.3, 0.4) is 0 Å². The number of aliphatic carboxylic acids is 1. The van der Waals surface area contributed by atoms with Crippen molar-refractivity contribution in [3.63, 3.8) is 0 Å². The summed E-state index contributed by atoms with van der Waals surface area (Å²) in [5.74, 6) is -1.88. The summed E-state index contributed by atoms with van der Waals surface area (Å²) in [5.41, 5.74) is 5.04. The molecule has 4 bridgehead atoms. The molecule has 0 aliphatic heterocycles. The summed E-state index contributed by atoms with van der Waals surface area (Å²) >= 11 is 0. The van der Waals surface area contributed by atoms with Crippen LogP contribution >= 0.6 is 0 Å². The van der Waals surface area contributed by atoms with Gasteiger partial charge in [0.05, 0.1) is 29.7 Å². The molecule has 6 fully saturated rings. The zero-order valence-electron chi connectivity index (χ0n) is 21.1. The lowest BCUT2D eigenvalue weighted by atomic mass is 9.45. The van der Waals surface area contributed by atoms with Crippen LogP contribution in [0, 0.1) is 58.2 Å². The molecule has 1 amide bonds. The van der Waals surface area contributed by atoms with Gasteiger partial charge in [0.2, 0.25) is 5.91 Å². The number of carboxylic acid groups (broad SMARTS) is 1. The fraction of sp³-hybridized carbons (Fsp3) is 0.846. The molecule has 6 aliphatic carbocycles. The summed E-state index contributed by atoms with van der Waals surface area (Å²) in [4.78, 5) is 35.9. The number of carbonyl (C=O) groups is 3. The highest BCUT2D eigenvalue weighted by atomic mass is 19.4. The van der Waals surface area contributed by atoms with E-state index in [2.05, 4.69) is 11.4 Å². The second kappa shape index (κ2) is 9.53. The number of nitrogens with one attached hydrogen (secondary N) is 1. The van der Waals surface area contributed by atoms with E-state index < -0.39 is 35.2 Å². The standard InChI is InChI=1S/C24H35N3O3.C2HF3O2/c1-12(2)19(26)22(29)27-21(20(28)18-16(10-25)4-15-5-17(15)18)23-6-13-3-14(7-23)9-24(30,8-13)11-23;3-2(4,5)1(6)7/h12-19,21,30H,3-9,11,26H2,1-2H3,(H,27,29);(H,6,7).